The van der Waals surface area contributed by atoms with E-state index in [4.69, 9.17) is 0 Å². The molecule has 0 aliphatic heterocycles. The van der Waals surface area contributed by atoms with Crippen molar-refractivity contribution in [3.05, 3.63) is 58.7 Å². The molecule has 32 heavy (non-hydrogen) atoms. The summed E-state index contributed by atoms with van der Waals surface area (Å²) < 4.78 is 0. The lowest BCUT2D eigenvalue weighted by Crippen LogP contribution is -2.06. The average Bonchev–Trinajstić information content (AvgIpc) is 2.78. The Kier molecular flexibility index (Phi) is 12.3. The molecule has 2 aromatic rings. The second-order valence-corrected chi connectivity index (χ2v) is 9.46. The molecule has 0 saturated carbocycles. The van der Waals surface area contributed by atoms with Gasteiger partial charge in [0.05, 0.1) is 0 Å². The van der Waals surface area contributed by atoms with Crippen molar-refractivity contribution >= 4 is 0 Å². The molecule has 2 N–H and O–H groups in total. The minimum Gasteiger partial charge on any atom is -0.508 e. The van der Waals surface area contributed by atoms with Crippen molar-refractivity contribution in [1.82, 2.24) is 0 Å². The Morgan fingerprint density at radius 1 is 0.562 bits per heavy atom. The van der Waals surface area contributed by atoms with E-state index in [9.17, 15) is 10.2 Å². The molecule has 178 valence electrons. The van der Waals surface area contributed by atoms with Crippen LogP contribution in [-0.2, 0) is 12.8 Å². The molecule has 0 aliphatic rings. The minimum atomic E-state index is -0.0254. The van der Waals surface area contributed by atoms with E-state index in [2.05, 4.69) is 32.9 Å². The summed E-state index contributed by atoms with van der Waals surface area (Å²) in [5, 5.41) is 21.6. The topological polar surface area (TPSA) is 40.5 Å². The van der Waals surface area contributed by atoms with Crippen molar-refractivity contribution in [3.63, 3.8) is 0 Å². The number of aromatic hydroxyl groups is 2. The van der Waals surface area contributed by atoms with Gasteiger partial charge in [0.2, 0.25) is 0 Å². The SMILES string of the molecule is CCCCCCCCc1cccc(O)c1C(C)c1c(O)cccc1CCCCCCCC. The summed E-state index contributed by atoms with van der Waals surface area (Å²) >= 11 is 0. The minimum absolute atomic E-state index is 0.0254. The Labute approximate surface area is 197 Å². The summed E-state index contributed by atoms with van der Waals surface area (Å²) in [6, 6.07) is 11.8. The van der Waals surface area contributed by atoms with Crippen LogP contribution in [0.5, 0.6) is 11.5 Å². The number of phenolic OH excluding ortho intramolecular Hbond substituents is 2. The van der Waals surface area contributed by atoms with Gasteiger partial charge in [-0.15, -0.1) is 0 Å². The standard InChI is InChI=1S/C30H46O2/c1-4-6-8-10-12-14-18-25-20-16-22-27(31)29(25)24(3)30-26(21-17-23-28(30)32)19-15-13-11-9-7-5-2/h16-17,20-24,31-32H,4-15,18-19H2,1-3H3. The number of rotatable bonds is 16. The molecule has 0 saturated heterocycles. The molecule has 0 amide bonds. The van der Waals surface area contributed by atoms with Gasteiger partial charge in [0.1, 0.15) is 11.5 Å². The maximum atomic E-state index is 10.8. The summed E-state index contributed by atoms with van der Waals surface area (Å²) in [4.78, 5) is 0. The van der Waals surface area contributed by atoms with Crippen molar-refractivity contribution in [2.24, 2.45) is 0 Å². The summed E-state index contributed by atoms with van der Waals surface area (Å²) in [6.07, 6.45) is 17.2. The van der Waals surface area contributed by atoms with Crippen molar-refractivity contribution in [2.75, 3.05) is 0 Å². The van der Waals surface area contributed by atoms with Crippen LogP contribution < -0.4 is 0 Å². The molecule has 0 heterocycles. The van der Waals surface area contributed by atoms with E-state index in [1.807, 2.05) is 12.1 Å². The van der Waals surface area contributed by atoms with Crippen LogP contribution >= 0.6 is 0 Å². The number of benzene rings is 2. The third-order valence-electron chi connectivity index (χ3n) is 6.81. The van der Waals surface area contributed by atoms with Gasteiger partial charge in [-0.2, -0.15) is 0 Å². The van der Waals surface area contributed by atoms with Crippen LogP contribution in [0.2, 0.25) is 0 Å². The number of phenols is 2. The monoisotopic (exact) mass is 438 g/mol. The van der Waals surface area contributed by atoms with Crippen LogP contribution in [0.15, 0.2) is 36.4 Å². The van der Waals surface area contributed by atoms with Gasteiger partial charge >= 0.3 is 0 Å². The first kappa shape index (κ1) is 26.3. The molecule has 0 atom stereocenters. The fourth-order valence-electron chi connectivity index (χ4n) is 4.97. The van der Waals surface area contributed by atoms with Crippen LogP contribution in [0.25, 0.3) is 0 Å². The third-order valence-corrected chi connectivity index (χ3v) is 6.81. The third kappa shape index (κ3) is 8.19. The quantitative estimate of drug-likeness (QED) is 0.257. The first-order valence-corrected chi connectivity index (χ1v) is 13.2. The average molecular weight is 439 g/mol. The number of hydrogen-bond acceptors (Lipinski definition) is 2. The van der Waals surface area contributed by atoms with Gasteiger partial charge in [-0.05, 0) is 48.9 Å². The molecule has 0 aliphatic carbocycles. The lowest BCUT2D eigenvalue weighted by atomic mass is 9.83. The second-order valence-electron chi connectivity index (χ2n) is 9.46. The van der Waals surface area contributed by atoms with E-state index >= 15 is 0 Å². The van der Waals surface area contributed by atoms with Crippen LogP contribution in [0.3, 0.4) is 0 Å². The van der Waals surface area contributed by atoms with Crippen molar-refractivity contribution in [1.29, 1.82) is 0 Å². The number of aryl methyl sites for hydroxylation is 2. The van der Waals surface area contributed by atoms with Crippen molar-refractivity contribution in [2.45, 2.75) is 117 Å². The van der Waals surface area contributed by atoms with E-state index < -0.39 is 0 Å². The smallest absolute Gasteiger partial charge is 0.119 e. The van der Waals surface area contributed by atoms with Gasteiger partial charge in [0.15, 0.2) is 0 Å². The van der Waals surface area contributed by atoms with Crippen LogP contribution in [-0.4, -0.2) is 10.2 Å². The Balaban J connectivity index is 2.12. The maximum absolute atomic E-state index is 10.8. The molecule has 0 radical (unpaired) electrons. The van der Waals surface area contributed by atoms with Gasteiger partial charge in [-0.25, -0.2) is 0 Å². The molecule has 2 heteroatoms. The largest absolute Gasteiger partial charge is 0.508 e. The highest BCUT2D eigenvalue weighted by Crippen LogP contribution is 2.40. The summed E-state index contributed by atoms with van der Waals surface area (Å²) in [6.45, 7) is 6.64. The first-order chi connectivity index (χ1) is 15.6. The van der Waals surface area contributed by atoms with Crippen LogP contribution in [0.1, 0.15) is 126 Å². The number of hydrogen-bond donors (Lipinski definition) is 2. The summed E-state index contributed by atoms with van der Waals surface area (Å²) in [5.74, 6) is 0.687. The predicted octanol–water partition coefficient (Wildman–Crippen LogP) is 9.06. The normalized spacial score (nSPS) is 11.4. The highest BCUT2D eigenvalue weighted by Gasteiger charge is 2.22. The van der Waals surface area contributed by atoms with Crippen molar-refractivity contribution in [3.8, 4) is 11.5 Å². The van der Waals surface area contributed by atoms with E-state index in [1.54, 1.807) is 12.1 Å². The Morgan fingerprint density at radius 2 is 0.938 bits per heavy atom. The summed E-state index contributed by atoms with van der Waals surface area (Å²) in [7, 11) is 0. The fourth-order valence-corrected chi connectivity index (χ4v) is 4.97. The molecule has 0 fully saturated rings. The molecule has 2 aromatic carbocycles. The van der Waals surface area contributed by atoms with Gasteiger partial charge in [-0.3, -0.25) is 0 Å². The molecule has 2 nitrogen and oxygen atoms in total. The Bertz CT molecular complexity index is 715. The highest BCUT2D eigenvalue weighted by atomic mass is 16.3. The zero-order chi connectivity index (χ0) is 23.2. The van der Waals surface area contributed by atoms with E-state index in [0.717, 1.165) is 36.8 Å². The molecule has 0 spiro atoms. The molecular weight excluding hydrogens is 392 g/mol. The maximum Gasteiger partial charge on any atom is 0.119 e. The van der Waals surface area contributed by atoms with E-state index in [0.29, 0.717) is 11.5 Å². The summed E-state index contributed by atoms with van der Waals surface area (Å²) in [5.41, 5.74) is 4.43. The molecule has 0 aromatic heterocycles. The molecular formula is C30H46O2. The van der Waals surface area contributed by atoms with Crippen LogP contribution in [0.4, 0.5) is 0 Å². The fraction of sp³-hybridized carbons (Fsp3) is 0.600. The molecule has 0 bridgehead atoms. The zero-order valence-electron chi connectivity index (χ0n) is 20.8. The first-order valence-electron chi connectivity index (χ1n) is 13.2. The second kappa shape index (κ2) is 15.0. The molecule has 0 unspecified atom stereocenters. The van der Waals surface area contributed by atoms with Gasteiger partial charge in [0.25, 0.3) is 0 Å². The molecule has 2 rings (SSSR count). The van der Waals surface area contributed by atoms with Gasteiger partial charge in [0, 0.05) is 17.0 Å². The van der Waals surface area contributed by atoms with Crippen LogP contribution in [0, 0.1) is 0 Å². The number of unbranched alkanes of at least 4 members (excludes halogenated alkanes) is 10. The Morgan fingerprint density at radius 3 is 1.34 bits per heavy atom. The van der Waals surface area contributed by atoms with E-state index in [-0.39, 0.29) is 5.92 Å². The lowest BCUT2D eigenvalue weighted by Gasteiger charge is -2.22. The Hall–Kier alpha value is -1.96. The van der Waals surface area contributed by atoms with Gasteiger partial charge < -0.3 is 10.2 Å². The van der Waals surface area contributed by atoms with E-state index in [1.165, 1.54) is 75.3 Å². The van der Waals surface area contributed by atoms with Gasteiger partial charge in [-0.1, -0.05) is 109 Å². The van der Waals surface area contributed by atoms with Crippen molar-refractivity contribution < 1.29 is 10.2 Å². The predicted molar refractivity (Wildman–Crippen MR) is 138 cm³/mol. The highest BCUT2D eigenvalue weighted by molar-refractivity contribution is 5.52. The lowest BCUT2D eigenvalue weighted by molar-refractivity contribution is 0.454. The zero-order valence-corrected chi connectivity index (χ0v) is 20.8.